The van der Waals surface area contributed by atoms with Crippen LogP contribution in [0.25, 0.3) is 0 Å². The molecule has 0 aromatic carbocycles. The van der Waals surface area contributed by atoms with E-state index >= 15 is 0 Å². The zero-order valence-corrected chi connectivity index (χ0v) is 8.91. The summed E-state index contributed by atoms with van der Waals surface area (Å²) in [6.07, 6.45) is 9.65. The van der Waals surface area contributed by atoms with Crippen molar-refractivity contribution < 1.29 is 0 Å². The summed E-state index contributed by atoms with van der Waals surface area (Å²) in [6, 6.07) is 0.470. The molecule has 1 unspecified atom stereocenters. The van der Waals surface area contributed by atoms with Crippen LogP contribution in [-0.4, -0.2) is 6.04 Å². The predicted molar refractivity (Wildman–Crippen MR) is 56.7 cm³/mol. The summed E-state index contributed by atoms with van der Waals surface area (Å²) < 4.78 is 0. The van der Waals surface area contributed by atoms with Crippen molar-refractivity contribution in [1.29, 1.82) is 0 Å². The van der Waals surface area contributed by atoms with E-state index in [-0.39, 0.29) is 12.4 Å². The molecular weight excluding hydrogens is 170 g/mol. The van der Waals surface area contributed by atoms with Crippen LogP contribution in [0, 0.1) is 5.92 Å². The highest BCUT2D eigenvalue weighted by molar-refractivity contribution is 5.85. The summed E-state index contributed by atoms with van der Waals surface area (Å²) in [5.41, 5.74) is 5.90. The lowest BCUT2D eigenvalue weighted by Crippen LogP contribution is -2.23. The van der Waals surface area contributed by atoms with E-state index < -0.39 is 0 Å². The first-order chi connectivity index (χ1) is 5.33. The second-order valence-electron chi connectivity index (χ2n) is 3.91. The fraction of sp³-hybridized carbons (Fsp3) is 1.00. The van der Waals surface area contributed by atoms with E-state index in [4.69, 9.17) is 5.73 Å². The fourth-order valence-corrected chi connectivity index (χ4v) is 2.02. The lowest BCUT2D eigenvalue weighted by molar-refractivity contribution is 0.315. The third-order valence-electron chi connectivity index (χ3n) is 2.89. The van der Waals surface area contributed by atoms with E-state index in [9.17, 15) is 0 Å². The Hall–Kier alpha value is 0.250. The van der Waals surface area contributed by atoms with Gasteiger partial charge in [-0.25, -0.2) is 0 Å². The number of rotatable bonds is 3. The SMILES string of the molecule is CCC(N)CC1CCCCC1.Cl. The largest absolute Gasteiger partial charge is 0.328 e. The third kappa shape index (κ3) is 4.32. The molecule has 12 heavy (non-hydrogen) atoms. The Morgan fingerprint density at radius 1 is 1.25 bits per heavy atom. The fourth-order valence-electron chi connectivity index (χ4n) is 2.02. The molecule has 2 N–H and O–H groups in total. The maximum absolute atomic E-state index is 5.90. The van der Waals surface area contributed by atoms with Crippen molar-refractivity contribution in [2.75, 3.05) is 0 Å². The molecule has 74 valence electrons. The molecule has 1 aliphatic rings. The molecule has 1 saturated carbocycles. The molecule has 1 aliphatic carbocycles. The summed E-state index contributed by atoms with van der Waals surface area (Å²) >= 11 is 0. The van der Waals surface area contributed by atoms with Crippen LogP contribution < -0.4 is 5.73 Å². The Balaban J connectivity index is 0.00000121. The Kier molecular flexibility index (Phi) is 6.87. The predicted octanol–water partition coefficient (Wildman–Crippen LogP) is 3.12. The molecule has 0 radical (unpaired) electrons. The van der Waals surface area contributed by atoms with Crippen LogP contribution in [0.1, 0.15) is 51.9 Å². The first-order valence-electron chi connectivity index (χ1n) is 5.08. The van der Waals surface area contributed by atoms with Gasteiger partial charge in [0.2, 0.25) is 0 Å². The van der Waals surface area contributed by atoms with E-state index in [2.05, 4.69) is 6.92 Å². The van der Waals surface area contributed by atoms with Gasteiger partial charge < -0.3 is 5.73 Å². The van der Waals surface area contributed by atoms with Crippen LogP contribution in [0.4, 0.5) is 0 Å². The number of nitrogens with two attached hydrogens (primary N) is 1. The van der Waals surface area contributed by atoms with Gasteiger partial charge >= 0.3 is 0 Å². The lowest BCUT2D eigenvalue weighted by atomic mass is 9.84. The third-order valence-corrected chi connectivity index (χ3v) is 2.89. The quantitative estimate of drug-likeness (QED) is 0.729. The normalized spacial score (nSPS) is 21.5. The standard InChI is InChI=1S/C10H21N.ClH/c1-2-10(11)8-9-6-4-3-5-7-9;/h9-10H,2-8,11H2,1H3;1H. The van der Waals surface area contributed by atoms with Gasteiger partial charge in [0.05, 0.1) is 0 Å². The lowest BCUT2D eigenvalue weighted by Gasteiger charge is -2.23. The maximum atomic E-state index is 5.90. The van der Waals surface area contributed by atoms with Crippen LogP contribution in [0.5, 0.6) is 0 Å². The minimum absolute atomic E-state index is 0. The molecule has 1 nitrogen and oxygen atoms in total. The summed E-state index contributed by atoms with van der Waals surface area (Å²) in [6.45, 7) is 2.19. The highest BCUT2D eigenvalue weighted by Crippen LogP contribution is 2.27. The molecule has 0 spiro atoms. The van der Waals surface area contributed by atoms with Crippen LogP contribution >= 0.6 is 12.4 Å². The van der Waals surface area contributed by atoms with E-state index in [0.717, 1.165) is 12.3 Å². The van der Waals surface area contributed by atoms with Crippen LogP contribution in [0.3, 0.4) is 0 Å². The van der Waals surface area contributed by atoms with Gasteiger partial charge in [0.1, 0.15) is 0 Å². The molecule has 0 heterocycles. The smallest absolute Gasteiger partial charge is 0.00388 e. The van der Waals surface area contributed by atoms with E-state index in [1.165, 1.54) is 38.5 Å². The number of hydrogen-bond donors (Lipinski definition) is 1. The molecular formula is C10H22ClN. The maximum Gasteiger partial charge on any atom is 0.00388 e. The van der Waals surface area contributed by atoms with Crippen molar-refractivity contribution in [3.05, 3.63) is 0 Å². The highest BCUT2D eigenvalue weighted by Gasteiger charge is 2.15. The first kappa shape index (κ1) is 12.2. The Labute approximate surface area is 82.5 Å². The van der Waals surface area contributed by atoms with Crippen LogP contribution in [-0.2, 0) is 0 Å². The van der Waals surface area contributed by atoms with Crippen LogP contribution in [0.15, 0.2) is 0 Å². The molecule has 0 aromatic rings. The molecule has 1 atom stereocenters. The van der Waals surface area contributed by atoms with Gasteiger partial charge in [-0.05, 0) is 18.8 Å². The zero-order valence-electron chi connectivity index (χ0n) is 8.09. The Bertz CT molecular complexity index is 100. The second kappa shape index (κ2) is 6.73. The summed E-state index contributed by atoms with van der Waals surface area (Å²) in [5.74, 6) is 0.957. The zero-order chi connectivity index (χ0) is 8.10. The van der Waals surface area contributed by atoms with Gasteiger partial charge in [-0.1, -0.05) is 39.0 Å². The molecule has 0 saturated heterocycles. The van der Waals surface area contributed by atoms with Crippen molar-refractivity contribution in [2.45, 2.75) is 57.9 Å². The minimum Gasteiger partial charge on any atom is -0.328 e. The van der Waals surface area contributed by atoms with Gasteiger partial charge in [0.25, 0.3) is 0 Å². The molecule has 1 fully saturated rings. The molecule has 0 aliphatic heterocycles. The Morgan fingerprint density at radius 2 is 1.83 bits per heavy atom. The summed E-state index contributed by atoms with van der Waals surface area (Å²) in [4.78, 5) is 0. The first-order valence-corrected chi connectivity index (χ1v) is 5.08. The van der Waals surface area contributed by atoms with E-state index in [1.807, 2.05) is 0 Å². The van der Waals surface area contributed by atoms with Gasteiger partial charge in [-0.3, -0.25) is 0 Å². The Morgan fingerprint density at radius 3 is 2.33 bits per heavy atom. The minimum atomic E-state index is 0. The van der Waals surface area contributed by atoms with Gasteiger partial charge in [0.15, 0.2) is 0 Å². The molecule has 2 heteroatoms. The summed E-state index contributed by atoms with van der Waals surface area (Å²) in [7, 11) is 0. The van der Waals surface area contributed by atoms with Crippen molar-refractivity contribution in [1.82, 2.24) is 0 Å². The molecule has 0 amide bonds. The molecule has 1 rings (SSSR count). The van der Waals surface area contributed by atoms with Crippen LogP contribution in [0.2, 0.25) is 0 Å². The number of halogens is 1. The van der Waals surface area contributed by atoms with Crippen molar-refractivity contribution in [3.8, 4) is 0 Å². The molecule has 0 aromatic heterocycles. The van der Waals surface area contributed by atoms with Gasteiger partial charge in [-0.2, -0.15) is 0 Å². The van der Waals surface area contributed by atoms with Crippen molar-refractivity contribution >= 4 is 12.4 Å². The average molecular weight is 192 g/mol. The monoisotopic (exact) mass is 191 g/mol. The molecule has 0 bridgehead atoms. The topological polar surface area (TPSA) is 26.0 Å². The number of hydrogen-bond acceptors (Lipinski definition) is 1. The van der Waals surface area contributed by atoms with Crippen molar-refractivity contribution in [2.24, 2.45) is 11.7 Å². The highest BCUT2D eigenvalue weighted by atomic mass is 35.5. The van der Waals surface area contributed by atoms with Gasteiger partial charge in [-0.15, -0.1) is 12.4 Å². The summed E-state index contributed by atoms with van der Waals surface area (Å²) in [5, 5.41) is 0. The van der Waals surface area contributed by atoms with Gasteiger partial charge in [0, 0.05) is 6.04 Å². The van der Waals surface area contributed by atoms with E-state index in [0.29, 0.717) is 6.04 Å². The van der Waals surface area contributed by atoms with E-state index in [1.54, 1.807) is 0 Å². The van der Waals surface area contributed by atoms with Crippen molar-refractivity contribution in [3.63, 3.8) is 0 Å². The second-order valence-corrected chi connectivity index (χ2v) is 3.91. The average Bonchev–Trinajstić information content (AvgIpc) is 2.06.